The molecule has 0 N–H and O–H groups in total. The summed E-state index contributed by atoms with van der Waals surface area (Å²) in [6, 6.07) is 11.9. The van der Waals surface area contributed by atoms with Crippen molar-refractivity contribution in [2.24, 2.45) is 0 Å². The Hall–Kier alpha value is -1.59. The van der Waals surface area contributed by atoms with E-state index in [9.17, 15) is 10.1 Å². The second-order valence-electron chi connectivity index (χ2n) is 3.73. The molecule has 2 aromatic carbocycles. The Morgan fingerprint density at radius 3 is 2.47 bits per heavy atom. The molecule has 6 heteroatoms. The van der Waals surface area contributed by atoms with E-state index in [0.717, 1.165) is 5.56 Å². The number of nitro benzene ring substituents is 1. The van der Waals surface area contributed by atoms with Crippen molar-refractivity contribution in [2.45, 2.75) is 5.88 Å². The molecule has 0 saturated carbocycles. The molecule has 0 bridgehead atoms. The first-order valence-electron chi connectivity index (χ1n) is 5.37. The molecule has 19 heavy (non-hydrogen) atoms. The van der Waals surface area contributed by atoms with Crippen molar-refractivity contribution in [1.29, 1.82) is 0 Å². The maximum absolute atomic E-state index is 10.8. The highest BCUT2D eigenvalue weighted by molar-refractivity contribution is 9.10. The fraction of sp³-hybridized carbons (Fsp3) is 0.0769. The van der Waals surface area contributed by atoms with Gasteiger partial charge in [0.2, 0.25) is 0 Å². The fourth-order valence-corrected chi connectivity index (χ4v) is 2.16. The monoisotopic (exact) mass is 341 g/mol. The number of halogens is 2. The van der Waals surface area contributed by atoms with Crippen molar-refractivity contribution >= 4 is 33.2 Å². The molecule has 0 unspecified atom stereocenters. The third kappa shape index (κ3) is 3.24. The van der Waals surface area contributed by atoms with Crippen LogP contribution in [-0.4, -0.2) is 4.92 Å². The molecule has 0 atom stereocenters. The van der Waals surface area contributed by atoms with Gasteiger partial charge in [-0.25, -0.2) is 0 Å². The van der Waals surface area contributed by atoms with E-state index < -0.39 is 4.92 Å². The molecule has 0 aliphatic heterocycles. The molecular weight excluding hydrogens is 334 g/mol. The van der Waals surface area contributed by atoms with Gasteiger partial charge < -0.3 is 4.74 Å². The van der Waals surface area contributed by atoms with Crippen LogP contribution in [0, 0.1) is 10.1 Å². The summed E-state index contributed by atoms with van der Waals surface area (Å²) in [5.41, 5.74) is 0.946. The van der Waals surface area contributed by atoms with Crippen LogP contribution in [0.1, 0.15) is 5.56 Å². The summed E-state index contributed by atoms with van der Waals surface area (Å²) in [7, 11) is 0. The Kier molecular flexibility index (Phi) is 4.39. The number of nitrogens with zero attached hydrogens (tertiary/aromatic N) is 1. The van der Waals surface area contributed by atoms with Gasteiger partial charge in [0.15, 0.2) is 0 Å². The van der Waals surface area contributed by atoms with Gasteiger partial charge in [-0.15, -0.1) is 11.6 Å². The van der Waals surface area contributed by atoms with Crippen LogP contribution in [0.2, 0.25) is 0 Å². The van der Waals surface area contributed by atoms with Gasteiger partial charge in [0.25, 0.3) is 5.69 Å². The van der Waals surface area contributed by atoms with Gasteiger partial charge in [-0.1, -0.05) is 18.2 Å². The predicted molar refractivity (Wildman–Crippen MR) is 76.9 cm³/mol. The second-order valence-corrected chi connectivity index (χ2v) is 4.79. The highest BCUT2D eigenvalue weighted by Crippen LogP contribution is 2.36. The summed E-state index contributed by atoms with van der Waals surface area (Å²) < 4.78 is 5.93. The van der Waals surface area contributed by atoms with E-state index in [0.29, 0.717) is 21.9 Å². The SMILES string of the molecule is O=[N+]([O-])c1cccc(Oc2ccc(CCl)cc2)c1Br. The summed E-state index contributed by atoms with van der Waals surface area (Å²) in [6.07, 6.45) is 0. The average molecular weight is 343 g/mol. The van der Waals surface area contributed by atoms with E-state index in [4.69, 9.17) is 16.3 Å². The number of hydrogen-bond acceptors (Lipinski definition) is 3. The van der Waals surface area contributed by atoms with Crippen molar-refractivity contribution in [3.63, 3.8) is 0 Å². The second kappa shape index (κ2) is 6.04. The minimum Gasteiger partial charge on any atom is -0.456 e. The predicted octanol–water partition coefficient (Wildman–Crippen LogP) is 4.89. The van der Waals surface area contributed by atoms with Crippen LogP contribution >= 0.6 is 27.5 Å². The first-order valence-corrected chi connectivity index (χ1v) is 6.70. The summed E-state index contributed by atoms with van der Waals surface area (Å²) in [5, 5.41) is 10.8. The van der Waals surface area contributed by atoms with Crippen LogP contribution < -0.4 is 4.74 Å². The molecule has 2 rings (SSSR count). The quantitative estimate of drug-likeness (QED) is 0.451. The van der Waals surface area contributed by atoms with E-state index in [-0.39, 0.29) is 5.69 Å². The third-order valence-corrected chi connectivity index (χ3v) is 3.55. The third-order valence-electron chi connectivity index (χ3n) is 2.45. The molecule has 0 aliphatic carbocycles. The molecular formula is C13H9BrClNO3. The minimum atomic E-state index is -0.465. The molecule has 0 spiro atoms. The topological polar surface area (TPSA) is 52.4 Å². The lowest BCUT2D eigenvalue weighted by Gasteiger charge is -2.08. The summed E-state index contributed by atoms with van der Waals surface area (Å²) in [5.74, 6) is 1.42. The van der Waals surface area contributed by atoms with E-state index in [1.807, 2.05) is 12.1 Å². The number of nitro groups is 1. The first-order chi connectivity index (χ1) is 9.11. The van der Waals surface area contributed by atoms with Crippen LogP contribution in [-0.2, 0) is 5.88 Å². The lowest BCUT2D eigenvalue weighted by Crippen LogP contribution is -1.92. The molecule has 0 heterocycles. The van der Waals surface area contributed by atoms with Gasteiger partial charge in [-0.05, 0) is 39.7 Å². The number of rotatable bonds is 4. The standard InChI is InChI=1S/C13H9BrClNO3/c14-13-11(16(17)18)2-1-3-12(13)19-10-6-4-9(8-15)5-7-10/h1-7H,8H2. The normalized spacial score (nSPS) is 10.2. The maximum Gasteiger partial charge on any atom is 0.287 e. The van der Waals surface area contributed by atoms with Crippen LogP contribution in [0.25, 0.3) is 0 Å². The fourth-order valence-electron chi connectivity index (χ4n) is 1.49. The largest absolute Gasteiger partial charge is 0.456 e. The zero-order valence-corrected chi connectivity index (χ0v) is 12.0. The van der Waals surface area contributed by atoms with Gasteiger partial charge in [0, 0.05) is 11.9 Å². The minimum absolute atomic E-state index is 0.0325. The van der Waals surface area contributed by atoms with Gasteiger partial charge in [-0.3, -0.25) is 10.1 Å². The van der Waals surface area contributed by atoms with Gasteiger partial charge in [-0.2, -0.15) is 0 Å². The van der Waals surface area contributed by atoms with Gasteiger partial charge in [0.05, 0.1) is 4.92 Å². The van der Waals surface area contributed by atoms with Gasteiger partial charge >= 0.3 is 0 Å². The molecule has 0 radical (unpaired) electrons. The Morgan fingerprint density at radius 2 is 1.89 bits per heavy atom. The van der Waals surface area contributed by atoms with E-state index >= 15 is 0 Å². The number of hydrogen-bond donors (Lipinski definition) is 0. The molecule has 2 aromatic rings. The zero-order valence-electron chi connectivity index (χ0n) is 9.68. The van der Waals surface area contributed by atoms with Gasteiger partial charge in [0.1, 0.15) is 16.0 Å². The van der Waals surface area contributed by atoms with E-state index in [2.05, 4.69) is 15.9 Å². The summed E-state index contributed by atoms with van der Waals surface area (Å²) in [4.78, 5) is 10.4. The highest BCUT2D eigenvalue weighted by Gasteiger charge is 2.16. The number of benzene rings is 2. The number of alkyl halides is 1. The van der Waals surface area contributed by atoms with Crippen LogP contribution in [0.4, 0.5) is 5.69 Å². The maximum atomic E-state index is 10.8. The zero-order chi connectivity index (χ0) is 13.8. The Bertz CT molecular complexity index is 601. The Labute approximate surface area is 123 Å². The molecule has 0 aromatic heterocycles. The molecule has 0 amide bonds. The number of ether oxygens (including phenoxy) is 1. The van der Waals surface area contributed by atoms with Crippen LogP contribution in [0.15, 0.2) is 46.9 Å². The van der Waals surface area contributed by atoms with Crippen LogP contribution in [0.3, 0.4) is 0 Å². The first kappa shape index (κ1) is 13.8. The van der Waals surface area contributed by atoms with Crippen molar-refractivity contribution in [3.8, 4) is 11.5 Å². The lowest BCUT2D eigenvalue weighted by molar-refractivity contribution is -0.385. The van der Waals surface area contributed by atoms with E-state index in [1.165, 1.54) is 6.07 Å². The van der Waals surface area contributed by atoms with Crippen LogP contribution in [0.5, 0.6) is 11.5 Å². The smallest absolute Gasteiger partial charge is 0.287 e. The van der Waals surface area contributed by atoms with Crippen molar-refractivity contribution < 1.29 is 9.66 Å². The average Bonchev–Trinajstić information content (AvgIpc) is 2.41. The summed E-state index contributed by atoms with van der Waals surface area (Å²) in [6.45, 7) is 0. The van der Waals surface area contributed by atoms with Crippen molar-refractivity contribution in [1.82, 2.24) is 0 Å². The molecule has 0 saturated heterocycles. The highest BCUT2D eigenvalue weighted by atomic mass is 79.9. The van der Waals surface area contributed by atoms with Crippen molar-refractivity contribution in [3.05, 3.63) is 62.6 Å². The Morgan fingerprint density at radius 1 is 1.21 bits per heavy atom. The molecule has 98 valence electrons. The lowest BCUT2D eigenvalue weighted by atomic mass is 10.2. The molecule has 4 nitrogen and oxygen atoms in total. The van der Waals surface area contributed by atoms with E-state index in [1.54, 1.807) is 24.3 Å². The molecule has 0 fully saturated rings. The van der Waals surface area contributed by atoms with Crippen molar-refractivity contribution in [2.75, 3.05) is 0 Å². The molecule has 0 aliphatic rings. The Balaban J connectivity index is 2.27. The summed E-state index contributed by atoms with van der Waals surface area (Å²) >= 11 is 8.88.